The van der Waals surface area contributed by atoms with Gasteiger partial charge in [-0.3, -0.25) is 0 Å². The fourth-order valence-corrected chi connectivity index (χ4v) is 1.90. The van der Waals surface area contributed by atoms with Gasteiger partial charge in [-0.1, -0.05) is 17.7 Å². The quantitative estimate of drug-likeness (QED) is 0.901. The molecule has 2 aromatic rings. The first-order chi connectivity index (χ1) is 10.1. The molecular weight excluding hydrogens is 294 g/mol. The minimum absolute atomic E-state index is 0.0221. The van der Waals surface area contributed by atoms with Crippen molar-refractivity contribution in [1.29, 1.82) is 5.26 Å². The van der Waals surface area contributed by atoms with Gasteiger partial charge in [0, 0.05) is 6.20 Å². The Labute approximate surface area is 125 Å². The van der Waals surface area contributed by atoms with E-state index in [4.69, 9.17) is 26.7 Å². The van der Waals surface area contributed by atoms with E-state index in [0.717, 1.165) is 0 Å². The Morgan fingerprint density at radius 2 is 2.29 bits per heavy atom. The molecule has 106 valence electrons. The van der Waals surface area contributed by atoms with Crippen LogP contribution in [0.1, 0.15) is 15.9 Å². The molecule has 6 nitrogen and oxygen atoms in total. The average Bonchev–Trinajstić information content (AvgIpc) is 2.49. The van der Waals surface area contributed by atoms with Crippen molar-refractivity contribution in [3.63, 3.8) is 0 Å². The molecule has 0 aliphatic rings. The number of hydrogen-bond acceptors (Lipinski definition) is 5. The zero-order chi connectivity index (χ0) is 15.4. The summed E-state index contributed by atoms with van der Waals surface area (Å²) in [5, 5.41) is 21.0. The number of halogens is 1. The van der Waals surface area contributed by atoms with Crippen molar-refractivity contribution in [1.82, 2.24) is 4.98 Å². The van der Waals surface area contributed by atoms with Crippen LogP contribution in [0.25, 0.3) is 0 Å². The zero-order valence-corrected chi connectivity index (χ0v) is 11.7. The highest BCUT2D eigenvalue weighted by molar-refractivity contribution is 6.33. The summed E-state index contributed by atoms with van der Waals surface area (Å²) < 4.78 is 5.18. The number of carboxylic acids is 1. The van der Waals surface area contributed by atoms with Crippen LogP contribution in [0, 0.1) is 11.3 Å². The first-order valence-corrected chi connectivity index (χ1v) is 6.17. The van der Waals surface area contributed by atoms with Crippen LogP contribution < -0.4 is 10.1 Å². The van der Waals surface area contributed by atoms with E-state index in [-0.39, 0.29) is 16.4 Å². The Balaban J connectivity index is 2.44. The van der Waals surface area contributed by atoms with Crippen LogP contribution >= 0.6 is 11.6 Å². The van der Waals surface area contributed by atoms with Crippen molar-refractivity contribution >= 4 is 29.1 Å². The van der Waals surface area contributed by atoms with Crippen molar-refractivity contribution in [2.45, 2.75) is 0 Å². The van der Waals surface area contributed by atoms with Crippen LogP contribution in [0.5, 0.6) is 5.75 Å². The lowest BCUT2D eigenvalue weighted by atomic mass is 10.1. The zero-order valence-electron chi connectivity index (χ0n) is 10.9. The number of carboxylic acid groups (broad SMARTS) is 1. The number of rotatable bonds is 4. The molecule has 0 atom stereocenters. The molecule has 0 aliphatic heterocycles. The number of nitriles is 1. The Hall–Kier alpha value is -2.78. The predicted molar refractivity (Wildman–Crippen MR) is 77.2 cm³/mol. The van der Waals surface area contributed by atoms with E-state index < -0.39 is 5.97 Å². The molecule has 0 saturated carbocycles. The van der Waals surface area contributed by atoms with Crippen molar-refractivity contribution in [3.05, 3.63) is 46.6 Å². The molecule has 0 amide bonds. The van der Waals surface area contributed by atoms with Gasteiger partial charge >= 0.3 is 5.97 Å². The lowest BCUT2D eigenvalue weighted by molar-refractivity contribution is 0.0696. The highest BCUT2D eigenvalue weighted by atomic mass is 35.5. The summed E-state index contributed by atoms with van der Waals surface area (Å²) in [6.45, 7) is 0. The maximum Gasteiger partial charge on any atom is 0.337 e. The number of para-hydroxylation sites is 1. The van der Waals surface area contributed by atoms with Gasteiger partial charge < -0.3 is 15.2 Å². The van der Waals surface area contributed by atoms with Crippen LogP contribution in [0.3, 0.4) is 0 Å². The van der Waals surface area contributed by atoms with Gasteiger partial charge in [0.2, 0.25) is 0 Å². The lowest BCUT2D eigenvalue weighted by Crippen LogP contribution is -2.02. The molecule has 2 rings (SSSR count). The average molecular weight is 304 g/mol. The van der Waals surface area contributed by atoms with Gasteiger partial charge in [0.1, 0.15) is 23.3 Å². The highest BCUT2D eigenvalue weighted by Crippen LogP contribution is 2.32. The third-order valence-corrected chi connectivity index (χ3v) is 2.99. The first-order valence-electron chi connectivity index (χ1n) is 5.79. The molecular formula is C14H10ClN3O3. The minimum Gasteiger partial charge on any atom is -0.495 e. The van der Waals surface area contributed by atoms with Gasteiger partial charge in [-0.05, 0) is 18.2 Å². The SMILES string of the molecule is COc1cccc(C#N)c1Nc1ncc(C(=O)O)cc1Cl. The predicted octanol–water partition coefficient (Wildman–Crippen LogP) is 3.06. The van der Waals surface area contributed by atoms with Gasteiger partial charge in [0.25, 0.3) is 0 Å². The molecule has 0 bridgehead atoms. The summed E-state index contributed by atoms with van der Waals surface area (Å²) in [7, 11) is 1.48. The number of pyridine rings is 1. The van der Waals surface area contributed by atoms with Crippen LogP contribution in [0.15, 0.2) is 30.5 Å². The Bertz CT molecular complexity index is 741. The number of anilines is 2. The number of hydrogen-bond donors (Lipinski definition) is 2. The number of nitrogens with zero attached hydrogens (tertiary/aromatic N) is 2. The lowest BCUT2D eigenvalue weighted by Gasteiger charge is -2.13. The molecule has 0 spiro atoms. The first kappa shape index (κ1) is 14.6. The number of aromatic carboxylic acids is 1. The standard InChI is InChI=1S/C14H10ClN3O3/c1-21-11-4-2-3-8(6-16)12(11)18-13-10(15)5-9(7-17-13)14(19)20/h2-5,7H,1H3,(H,17,18)(H,19,20). The molecule has 21 heavy (non-hydrogen) atoms. The van der Waals surface area contributed by atoms with Crippen molar-refractivity contribution < 1.29 is 14.6 Å². The summed E-state index contributed by atoms with van der Waals surface area (Å²) in [4.78, 5) is 14.8. The number of methoxy groups -OCH3 is 1. The largest absolute Gasteiger partial charge is 0.495 e. The second kappa shape index (κ2) is 6.11. The van der Waals surface area contributed by atoms with E-state index >= 15 is 0 Å². The molecule has 1 aromatic carbocycles. The molecule has 0 aliphatic carbocycles. The fraction of sp³-hybridized carbons (Fsp3) is 0.0714. The fourth-order valence-electron chi connectivity index (χ4n) is 1.69. The number of carbonyl (C=O) groups is 1. The second-order valence-electron chi connectivity index (χ2n) is 3.98. The summed E-state index contributed by atoms with van der Waals surface area (Å²) in [6, 6.07) is 8.29. The van der Waals surface area contributed by atoms with Crippen LogP contribution in [-0.4, -0.2) is 23.2 Å². The molecule has 0 fully saturated rings. The number of nitrogens with one attached hydrogen (secondary N) is 1. The van der Waals surface area contributed by atoms with E-state index in [1.165, 1.54) is 19.4 Å². The van der Waals surface area contributed by atoms with Crippen molar-refractivity contribution in [2.24, 2.45) is 0 Å². The molecule has 2 N–H and O–H groups in total. The molecule has 0 saturated heterocycles. The number of ether oxygens (including phenoxy) is 1. The van der Waals surface area contributed by atoms with Crippen molar-refractivity contribution in [2.75, 3.05) is 12.4 Å². The van der Waals surface area contributed by atoms with E-state index in [0.29, 0.717) is 17.0 Å². The van der Waals surface area contributed by atoms with Crippen LogP contribution in [0.2, 0.25) is 5.02 Å². The van der Waals surface area contributed by atoms with E-state index in [9.17, 15) is 4.79 Å². The van der Waals surface area contributed by atoms with Gasteiger partial charge in [0.15, 0.2) is 0 Å². The third kappa shape index (κ3) is 3.04. The van der Waals surface area contributed by atoms with Crippen molar-refractivity contribution in [3.8, 4) is 11.8 Å². The molecule has 7 heteroatoms. The molecule has 0 radical (unpaired) electrons. The van der Waals surface area contributed by atoms with E-state index in [1.54, 1.807) is 18.2 Å². The van der Waals surface area contributed by atoms with E-state index in [2.05, 4.69) is 10.3 Å². The van der Waals surface area contributed by atoms with Gasteiger partial charge in [-0.2, -0.15) is 5.26 Å². The van der Waals surface area contributed by atoms with E-state index in [1.807, 2.05) is 6.07 Å². The topological polar surface area (TPSA) is 95.2 Å². The minimum atomic E-state index is -1.12. The second-order valence-corrected chi connectivity index (χ2v) is 4.39. The van der Waals surface area contributed by atoms with Crippen LogP contribution in [-0.2, 0) is 0 Å². The normalized spacial score (nSPS) is 9.76. The summed E-state index contributed by atoms with van der Waals surface area (Å²) >= 11 is 6.00. The highest BCUT2D eigenvalue weighted by Gasteiger charge is 2.13. The Morgan fingerprint density at radius 3 is 2.86 bits per heavy atom. The third-order valence-electron chi connectivity index (χ3n) is 2.70. The molecule has 0 unspecified atom stereocenters. The van der Waals surface area contributed by atoms with Crippen LogP contribution in [0.4, 0.5) is 11.5 Å². The maximum absolute atomic E-state index is 10.8. The molecule has 1 heterocycles. The maximum atomic E-state index is 10.8. The van der Waals surface area contributed by atoms with Gasteiger partial charge in [0.05, 0.1) is 23.3 Å². The Kier molecular flexibility index (Phi) is 4.26. The number of benzene rings is 1. The monoisotopic (exact) mass is 303 g/mol. The Morgan fingerprint density at radius 1 is 1.52 bits per heavy atom. The van der Waals surface area contributed by atoms with Gasteiger partial charge in [-0.25, -0.2) is 9.78 Å². The number of aromatic nitrogens is 1. The smallest absolute Gasteiger partial charge is 0.337 e. The summed E-state index contributed by atoms with van der Waals surface area (Å²) in [5.74, 6) is -0.428. The molecule has 1 aromatic heterocycles. The van der Waals surface area contributed by atoms with Gasteiger partial charge in [-0.15, -0.1) is 0 Å². The summed E-state index contributed by atoms with van der Waals surface area (Å²) in [6.07, 6.45) is 1.18. The summed E-state index contributed by atoms with van der Waals surface area (Å²) in [5.41, 5.74) is 0.751.